The van der Waals surface area contributed by atoms with E-state index < -0.39 is 0 Å². The van der Waals surface area contributed by atoms with Gasteiger partial charge in [0.05, 0.1) is 12.6 Å². The molecule has 1 heterocycles. The van der Waals surface area contributed by atoms with Gasteiger partial charge in [-0.3, -0.25) is 9.18 Å². The van der Waals surface area contributed by atoms with Crippen LogP contribution in [-0.4, -0.2) is 18.7 Å². The summed E-state index contributed by atoms with van der Waals surface area (Å²) in [5.41, 5.74) is 0. The maximum absolute atomic E-state index is 12.2. The molecule has 2 fully saturated rings. The van der Waals surface area contributed by atoms with E-state index in [0.29, 0.717) is 0 Å². The minimum Gasteiger partial charge on any atom is -0.462 e. The first-order chi connectivity index (χ1) is 9.69. The Morgan fingerprint density at radius 3 is 2.25 bits per heavy atom. The van der Waals surface area contributed by atoms with E-state index in [0.717, 1.165) is 43.9 Å². The highest BCUT2D eigenvalue weighted by atomic mass is 19.1. The van der Waals surface area contributed by atoms with E-state index in [9.17, 15) is 9.18 Å². The van der Waals surface area contributed by atoms with Gasteiger partial charge in [0, 0.05) is 0 Å². The molecule has 1 aliphatic heterocycles. The SMILES string of the molecule is CC1CCC(CCC2CCC(CCCF)CC2)OC1=O. The van der Waals surface area contributed by atoms with Crippen LogP contribution in [0.5, 0.6) is 0 Å². The molecule has 1 saturated carbocycles. The third-order valence-corrected chi connectivity index (χ3v) is 5.22. The summed E-state index contributed by atoms with van der Waals surface area (Å²) in [5, 5.41) is 0. The molecule has 1 saturated heterocycles. The lowest BCUT2D eigenvalue weighted by atomic mass is 9.78. The molecule has 20 heavy (non-hydrogen) atoms. The van der Waals surface area contributed by atoms with Gasteiger partial charge in [-0.05, 0) is 50.4 Å². The van der Waals surface area contributed by atoms with Crippen LogP contribution in [0, 0.1) is 17.8 Å². The zero-order valence-electron chi connectivity index (χ0n) is 12.8. The van der Waals surface area contributed by atoms with Crippen molar-refractivity contribution >= 4 is 5.97 Å². The van der Waals surface area contributed by atoms with Crippen LogP contribution < -0.4 is 0 Å². The molecule has 0 radical (unpaired) electrons. The summed E-state index contributed by atoms with van der Waals surface area (Å²) in [5.74, 6) is 1.65. The van der Waals surface area contributed by atoms with E-state index in [1.165, 1.54) is 32.1 Å². The Morgan fingerprint density at radius 1 is 1.00 bits per heavy atom. The van der Waals surface area contributed by atoms with Gasteiger partial charge in [-0.15, -0.1) is 0 Å². The molecule has 0 aromatic heterocycles. The molecule has 0 aromatic rings. The van der Waals surface area contributed by atoms with Crippen molar-refractivity contribution < 1.29 is 13.9 Å². The standard InChI is InChI=1S/C17H29FO2/c1-13-4-10-16(20-17(13)19)11-9-15-7-5-14(6-8-15)3-2-12-18/h13-16H,2-12H2,1H3. The molecule has 2 atom stereocenters. The van der Waals surface area contributed by atoms with Crippen molar-refractivity contribution in [1.29, 1.82) is 0 Å². The molecule has 116 valence electrons. The van der Waals surface area contributed by atoms with E-state index in [1.807, 2.05) is 6.92 Å². The van der Waals surface area contributed by atoms with E-state index in [1.54, 1.807) is 0 Å². The Balaban J connectivity index is 1.60. The largest absolute Gasteiger partial charge is 0.462 e. The Hall–Kier alpha value is -0.600. The number of halogens is 1. The second kappa shape index (κ2) is 7.99. The lowest BCUT2D eigenvalue weighted by Gasteiger charge is -2.31. The maximum atomic E-state index is 12.2. The first-order valence-electron chi connectivity index (χ1n) is 8.45. The van der Waals surface area contributed by atoms with Gasteiger partial charge >= 0.3 is 5.97 Å². The van der Waals surface area contributed by atoms with Crippen molar-refractivity contribution in [1.82, 2.24) is 0 Å². The molecular weight excluding hydrogens is 255 g/mol. The molecule has 0 spiro atoms. The lowest BCUT2D eigenvalue weighted by molar-refractivity contribution is -0.160. The molecule has 2 rings (SSSR count). The van der Waals surface area contributed by atoms with Crippen LogP contribution in [0.25, 0.3) is 0 Å². The van der Waals surface area contributed by atoms with E-state index in [4.69, 9.17) is 4.74 Å². The summed E-state index contributed by atoms with van der Waals surface area (Å²) in [6, 6.07) is 0. The van der Waals surface area contributed by atoms with Gasteiger partial charge in [0.25, 0.3) is 0 Å². The minimum atomic E-state index is -0.161. The number of esters is 1. The van der Waals surface area contributed by atoms with Crippen LogP contribution in [-0.2, 0) is 9.53 Å². The predicted octanol–water partition coefficient (Wildman–Crippen LogP) is 4.66. The lowest BCUT2D eigenvalue weighted by Crippen LogP contribution is -2.30. The van der Waals surface area contributed by atoms with Gasteiger partial charge in [-0.25, -0.2) is 0 Å². The molecule has 0 bridgehead atoms. The van der Waals surface area contributed by atoms with Gasteiger partial charge in [0.15, 0.2) is 0 Å². The molecule has 0 aromatic carbocycles. The van der Waals surface area contributed by atoms with Crippen molar-refractivity contribution in [2.24, 2.45) is 17.8 Å². The smallest absolute Gasteiger partial charge is 0.308 e. The molecule has 0 amide bonds. The number of hydrogen-bond donors (Lipinski definition) is 0. The zero-order valence-corrected chi connectivity index (χ0v) is 12.8. The number of carbonyl (C=O) groups is 1. The van der Waals surface area contributed by atoms with Gasteiger partial charge < -0.3 is 4.74 Å². The van der Waals surface area contributed by atoms with Crippen molar-refractivity contribution in [2.75, 3.05) is 6.67 Å². The molecule has 0 N–H and O–H groups in total. The average Bonchev–Trinajstić information content (AvgIpc) is 2.47. The monoisotopic (exact) mass is 284 g/mol. The van der Waals surface area contributed by atoms with Gasteiger partial charge in [-0.2, -0.15) is 0 Å². The summed E-state index contributed by atoms with van der Waals surface area (Å²) < 4.78 is 17.7. The fourth-order valence-corrected chi connectivity index (χ4v) is 3.69. The molecule has 3 heteroatoms. The Labute approximate surface area is 122 Å². The van der Waals surface area contributed by atoms with Gasteiger partial charge in [0.1, 0.15) is 6.10 Å². The van der Waals surface area contributed by atoms with E-state index >= 15 is 0 Å². The second-order valence-corrected chi connectivity index (χ2v) is 6.83. The number of carbonyl (C=O) groups excluding carboxylic acids is 1. The van der Waals surface area contributed by atoms with Gasteiger partial charge in [0.2, 0.25) is 0 Å². The number of rotatable bonds is 6. The number of hydrogen-bond acceptors (Lipinski definition) is 2. The topological polar surface area (TPSA) is 26.3 Å². The van der Waals surface area contributed by atoms with Crippen LogP contribution in [0.3, 0.4) is 0 Å². The fourth-order valence-electron chi connectivity index (χ4n) is 3.69. The van der Waals surface area contributed by atoms with Crippen molar-refractivity contribution in [3.63, 3.8) is 0 Å². The molecule has 2 nitrogen and oxygen atoms in total. The fraction of sp³-hybridized carbons (Fsp3) is 0.941. The summed E-state index contributed by atoms with van der Waals surface area (Å²) >= 11 is 0. The van der Waals surface area contributed by atoms with Crippen LogP contribution in [0.2, 0.25) is 0 Å². The summed E-state index contributed by atoms with van der Waals surface area (Å²) in [6.07, 6.45) is 11.4. The van der Waals surface area contributed by atoms with E-state index in [2.05, 4.69) is 0 Å². The first kappa shape index (κ1) is 15.8. The summed E-state index contributed by atoms with van der Waals surface area (Å²) in [6.45, 7) is 1.79. The van der Waals surface area contributed by atoms with Crippen LogP contribution >= 0.6 is 0 Å². The molecule has 1 aliphatic carbocycles. The third kappa shape index (κ3) is 4.75. The Kier molecular flexibility index (Phi) is 6.31. The molecular formula is C17H29FO2. The second-order valence-electron chi connectivity index (χ2n) is 6.83. The first-order valence-corrected chi connectivity index (χ1v) is 8.45. The summed E-state index contributed by atoms with van der Waals surface area (Å²) in [7, 11) is 0. The highest BCUT2D eigenvalue weighted by Gasteiger charge is 2.28. The third-order valence-electron chi connectivity index (χ3n) is 5.22. The van der Waals surface area contributed by atoms with Crippen molar-refractivity contribution in [2.45, 2.75) is 77.2 Å². The van der Waals surface area contributed by atoms with Crippen LogP contribution in [0.15, 0.2) is 0 Å². The number of alkyl halides is 1. The Morgan fingerprint density at radius 2 is 1.65 bits per heavy atom. The van der Waals surface area contributed by atoms with Crippen LogP contribution in [0.1, 0.15) is 71.1 Å². The molecule has 2 aliphatic rings. The van der Waals surface area contributed by atoms with Crippen molar-refractivity contribution in [3.8, 4) is 0 Å². The summed E-state index contributed by atoms with van der Waals surface area (Å²) in [4.78, 5) is 11.5. The number of ether oxygens (including phenoxy) is 1. The predicted molar refractivity (Wildman–Crippen MR) is 78.2 cm³/mol. The minimum absolute atomic E-state index is 0.00354. The van der Waals surface area contributed by atoms with Crippen molar-refractivity contribution in [3.05, 3.63) is 0 Å². The van der Waals surface area contributed by atoms with Crippen LogP contribution in [0.4, 0.5) is 4.39 Å². The van der Waals surface area contributed by atoms with E-state index in [-0.39, 0.29) is 24.7 Å². The highest BCUT2D eigenvalue weighted by Crippen LogP contribution is 2.35. The quantitative estimate of drug-likeness (QED) is 0.663. The van der Waals surface area contributed by atoms with Gasteiger partial charge in [-0.1, -0.05) is 32.6 Å². The zero-order chi connectivity index (χ0) is 14.4. The average molecular weight is 284 g/mol. The maximum Gasteiger partial charge on any atom is 0.308 e. The molecule has 2 unspecified atom stereocenters. The number of cyclic esters (lactones) is 1. The normalized spacial score (nSPS) is 34.8. The Bertz CT molecular complexity index is 297. The highest BCUT2D eigenvalue weighted by molar-refractivity contribution is 5.72.